The highest BCUT2D eigenvalue weighted by molar-refractivity contribution is 5.77. The molecule has 0 spiro atoms. The van der Waals surface area contributed by atoms with Crippen LogP contribution in [0.15, 0.2) is 42.5 Å². The minimum absolute atomic E-state index is 0.497. The van der Waals surface area contributed by atoms with Gasteiger partial charge in [0.25, 0.3) is 0 Å². The molecule has 0 aliphatic heterocycles. The fourth-order valence-electron chi connectivity index (χ4n) is 4.88. The highest BCUT2D eigenvalue weighted by Crippen LogP contribution is 2.34. The van der Waals surface area contributed by atoms with Crippen molar-refractivity contribution in [3.05, 3.63) is 76.2 Å². The van der Waals surface area contributed by atoms with Crippen LogP contribution in [0.1, 0.15) is 60.1 Å². The van der Waals surface area contributed by atoms with Gasteiger partial charge in [0.2, 0.25) is 6.10 Å². The lowest BCUT2D eigenvalue weighted by molar-refractivity contribution is -0.149. The molecule has 0 amide bonds. The Balaban J connectivity index is 1.70. The number of carbonyl (C=O) groups is 1. The Labute approximate surface area is 229 Å². The number of rotatable bonds is 11. The van der Waals surface area contributed by atoms with Crippen molar-refractivity contribution in [2.75, 3.05) is 21.3 Å². The Hall–Kier alpha value is -4.07. The van der Waals surface area contributed by atoms with Crippen molar-refractivity contribution in [3.8, 4) is 17.2 Å². The molecule has 2 aromatic heterocycles. The van der Waals surface area contributed by atoms with Gasteiger partial charge < -0.3 is 23.5 Å². The van der Waals surface area contributed by atoms with Crippen molar-refractivity contribution in [2.45, 2.75) is 59.6 Å². The maximum Gasteiger partial charge on any atom is 0.351 e. The molecule has 2 heterocycles. The Morgan fingerprint density at radius 3 is 2.33 bits per heavy atom. The van der Waals surface area contributed by atoms with Crippen molar-refractivity contribution in [1.29, 1.82) is 0 Å². The summed E-state index contributed by atoms with van der Waals surface area (Å²) in [6.07, 6.45) is 1.57. The first-order valence-corrected chi connectivity index (χ1v) is 13.2. The summed E-state index contributed by atoms with van der Waals surface area (Å²) in [5.74, 6) is 2.22. The number of imidazole rings is 1. The van der Waals surface area contributed by atoms with Gasteiger partial charge in [-0.1, -0.05) is 38.5 Å². The largest absolute Gasteiger partial charge is 0.493 e. The Kier molecular flexibility index (Phi) is 8.74. The first-order valence-electron chi connectivity index (χ1n) is 13.2. The molecule has 4 aromatic rings. The fourth-order valence-corrected chi connectivity index (χ4v) is 4.88. The lowest BCUT2D eigenvalue weighted by Gasteiger charge is -2.21. The van der Waals surface area contributed by atoms with Crippen LogP contribution in [0.25, 0.3) is 11.2 Å². The predicted molar refractivity (Wildman–Crippen MR) is 151 cm³/mol. The molecular weight excluding hydrogens is 494 g/mol. The first kappa shape index (κ1) is 28.0. The summed E-state index contributed by atoms with van der Waals surface area (Å²) >= 11 is 0. The lowest BCUT2D eigenvalue weighted by Crippen LogP contribution is -2.21. The van der Waals surface area contributed by atoms with Crippen molar-refractivity contribution < 1.29 is 23.7 Å². The number of fused-ring (bicyclic) bond motifs is 1. The summed E-state index contributed by atoms with van der Waals surface area (Å²) in [5.41, 5.74) is 6.70. The summed E-state index contributed by atoms with van der Waals surface area (Å²) in [4.78, 5) is 22.5. The third-order valence-electron chi connectivity index (χ3n) is 6.77. The Bertz CT molecular complexity index is 1480. The minimum atomic E-state index is -0.962. The maximum absolute atomic E-state index is 12.8. The number of aromatic nitrogens is 3. The Morgan fingerprint density at radius 1 is 0.923 bits per heavy atom. The number of methoxy groups -OCH3 is 3. The third-order valence-corrected chi connectivity index (χ3v) is 6.77. The van der Waals surface area contributed by atoms with E-state index in [9.17, 15) is 4.79 Å². The number of benzene rings is 2. The van der Waals surface area contributed by atoms with E-state index in [0.717, 1.165) is 58.6 Å². The number of hydrogen-bond acceptors (Lipinski definition) is 7. The van der Waals surface area contributed by atoms with Gasteiger partial charge in [-0.25, -0.2) is 14.8 Å². The standard InChI is InChI=1S/C31H37N3O5/c1-8-10-22-16-21(18-34-27(9-2)33-28-19(3)15-20(4)32-30(28)34)11-13-24(22)39-29(31(35)38-7)23-12-14-25(36-5)26(17-23)37-6/h11-17,29H,8-10,18H2,1-7H3. The zero-order valence-corrected chi connectivity index (χ0v) is 23.8. The zero-order valence-electron chi connectivity index (χ0n) is 23.8. The minimum Gasteiger partial charge on any atom is -0.493 e. The molecule has 0 bridgehead atoms. The van der Waals surface area contributed by atoms with Gasteiger partial charge in [-0.2, -0.15) is 0 Å². The van der Waals surface area contributed by atoms with E-state index in [1.165, 1.54) is 7.11 Å². The molecule has 0 fully saturated rings. The van der Waals surface area contributed by atoms with Crippen LogP contribution in [0.5, 0.6) is 17.2 Å². The molecule has 0 radical (unpaired) electrons. The van der Waals surface area contributed by atoms with Crippen molar-refractivity contribution in [3.63, 3.8) is 0 Å². The van der Waals surface area contributed by atoms with Crippen LogP contribution in [-0.4, -0.2) is 41.8 Å². The zero-order chi connectivity index (χ0) is 28.1. The van der Waals surface area contributed by atoms with E-state index in [4.69, 9.17) is 28.9 Å². The van der Waals surface area contributed by atoms with Crippen LogP contribution in [0.3, 0.4) is 0 Å². The van der Waals surface area contributed by atoms with Crippen LogP contribution < -0.4 is 14.2 Å². The number of esters is 1. The molecule has 0 saturated carbocycles. The van der Waals surface area contributed by atoms with Gasteiger partial charge >= 0.3 is 5.97 Å². The van der Waals surface area contributed by atoms with Gasteiger partial charge in [-0.15, -0.1) is 0 Å². The normalized spacial score (nSPS) is 11.9. The van der Waals surface area contributed by atoms with Crippen LogP contribution in [0, 0.1) is 13.8 Å². The van der Waals surface area contributed by atoms with Gasteiger partial charge in [0.15, 0.2) is 17.1 Å². The van der Waals surface area contributed by atoms with E-state index in [1.807, 2.05) is 19.1 Å². The van der Waals surface area contributed by atoms with Crippen molar-refractivity contribution in [2.24, 2.45) is 0 Å². The van der Waals surface area contributed by atoms with Crippen LogP contribution in [-0.2, 0) is 28.9 Å². The maximum atomic E-state index is 12.8. The quantitative estimate of drug-likeness (QED) is 0.222. The molecular formula is C31H37N3O5. The van der Waals surface area contributed by atoms with Gasteiger partial charge in [0.1, 0.15) is 17.1 Å². The smallest absolute Gasteiger partial charge is 0.351 e. The van der Waals surface area contributed by atoms with Crippen LogP contribution >= 0.6 is 0 Å². The van der Waals surface area contributed by atoms with Gasteiger partial charge in [-0.05, 0) is 61.2 Å². The van der Waals surface area contributed by atoms with Crippen LogP contribution in [0.4, 0.5) is 0 Å². The highest BCUT2D eigenvalue weighted by Gasteiger charge is 2.26. The van der Waals surface area contributed by atoms with Gasteiger partial charge in [0, 0.05) is 17.7 Å². The summed E-state index contributed by atoms with van der Waals surface area (Å²) in [6, 6.07) is 13.5. The van der Waals surface area contributed by atoms with Gasteiger partial charge in [-0.3, -0.25) is 0 Å². The second kappa shape index (κ2) is 12.2. The number of aryl methyl sites for hydroxylation is 4. The second-order valence-electron chi connectivity index (χ2n) is 9.55. The van der Waals surface area contributed by atoms with Crippen LogP contribution in [0.2, 0.25) is 0 Å². The molecule has 0 aliphatic carbocycles. The molecule has 1 unspecified atom stereocenters. The number of nitrogens with zero attached hydrogens (tertiary/aromatic N) is 3. The average molecular weight is 532 g/mol. The van der Waals surface area contributed by atoms with Gasteiger partial charge in [0.05, 0.1) is 27.9 Å². The van der Waals surface area contributed by atoms with E-state index in [1.54, 1.807) is 32.4 Å². The predicted octanol–water partition coefficient (Wildman–Crippen LogP) is 5.92. The highest BCUT2D eigenvalue weighted by atomic mass is 16.6. The number of carbonyl (C=O) groups excluding carboxylic acids is 1. The number of ether oxygens (including phenoxy) is 4. The fraction of sp³-hybridized carbons (Fsp3) is 0.387. The summed E-state index contributed by atoms with van der Waals surface area (Å²) < 4.78 is 24.4. The van der Waals surface area contributed by atoms with E-state index < -0.39 is 12.1 Å². The molecule has 4 rings (SSSR count). The topological polar surface area (TPSA) is 84.7 Å². The van der Waals surface area contributed by atoms with Crippen molar-refractivity contribution >= 4 is 17.1 Å². The van der Waals surface area contributed by atoms with Crippen molar-refractivity contribution in [1.82, 2.24) is 14.5 Å². The molecule has 2 aromatic carbocycles. The number of hydrogen-bond donors (Lipinski definition) is 0. The molecule has 8 nitrogen and oxygen atoms in total. The molecule has 1 atom stereocenters. The second-order valence-corrected chi connectivity index (χ2v) is 9.55. The third kappa shape index (κ3) is 5.85. The first-order chi connectivity index (χ1) is 18.8. The summed E-state index contributed by atoms with van der Waals surface area (Å²) in [6.45, 7) is 8.96. The van der Waals surface area contributed by atoms with E-state index in [2.05, 4.69) is 37.5 Å². The summed E-state index contributed by atoms with van der Waals surface area (Å²) in [7, 11) is 4.48. The lowest BCUT2D eigenvalue weighted by atomic mass is 10.0. The molecule has 0 aliphatic rings. The molecule has 8 heteroatoms. The SMILES string of the molecule is CCCc1cc(Cn2c(CC)nc3c(C)cc(C)nc32)ccc1OC(C(=O)OC)c1ccc(OC)c(OC)c1. The molecule has 0 N–H and O–H groups in total. The van der Waals surface area contributed by atoms with E-state index >= 15 is 0 Å². The molecule has 39 heavy (non-hydrogen) atoms. The molecule has 206 valence electrons. The van der Waals surface area contributed by atoms with E-state index in [0.29, 0.717) is 29.4 Å². The average Bonchev–Trinajstić information content (AvgIpc) is 3.29. The van der Waals surface area contributed by atoms with E-state index in [-0.39, 0.29) is 0 Å². The molecule has 0 saturated heterocycles. The number of pyridine rings is 1. The Morgan fingerprint density at radius 2 is 1.67 bits per heavy atom. The summed E-state index contributed by atoms with van der Waals surface area (Å²) in [5, 5.41) is 0. The monoisotopic (exact) mass is 531 g/mol.